The molecule has 0 spiro atoms. The van der Waals surface area contributed by atoms with Gasteiger partial charge in [0.1, 0.15) is 11.5 Å². The summed E-state index contributed by atoms with van der Waals surface area (Å²) in [5.41, 5.74) is 3.32. The molecular formula is C13H14ClN5O2. The van der Waals surface area contributed by atoms with Crippen LogP contribution in [0.3, 0.4) is 0 Å². The van der Waals surface area contributed by atoms with E-state index in [9.17, 15) is 4.79 Å². The molecular weight excluding hydrogens is 294 g/mol. The Morgan fingerprint density at radius 3 is 2.95 bits per heavy atom. The first kappa shape index (κ1) is 15.0. The largest absolute Gasteiger partial charge is 0.481 e. The number of pyridine rings is 2. The fourth-order valence-corrected chi connectivity index (χ4v) is 1.81. The molecule has 0 aliphatic carbocycles. The van der Waals surface area contributed by atoms with Crippen LogP contribution in [0.15, 0.2) is 30.5 Å². The number of carbonyl (C=O) groups is 1. The minimum absolute atomic E-state index is 0.105. The molecule has 8 heteroatoms. The van der Waals surface area contributed by atoms with E-state index >= 15 is 0 Å². The first-order valence-corrected chi connectivity index (χ1v) is 6.42. The van der Waals surface area contributed by atoms with Crippen molar-refractivity contribution < 1.29 is 9.53 Å². The second-order valence-electron chi connectivity index (χ2n) is 4.06. The van der Waals surface area contributed by atoms with Crippen LogP contribution in [-0.2, 0) is 6.54 Å². The Kier molecular flexibility index (Phi) is 4.91. The Morgan fingerprint density at radius 1 is 1.43 bits per heavy atom. The van der Waals surface area contributed by atoms with Gasteiger partial charge in [-0.2, -0.15) is 0 Å². The van der Waals surface area contributed by atoms with Gasteiger partial charge in [-0.1, -0.05) is 11.6 Å². The van der Waals surface area contributed by atoms with Crippen LogP contribution in [0.1, 0.15) is 16.1 Å². The van der Waals surface area contributed by atoms with Crippen molar-refractivity contribution in [3.63, 3.8) is 0 Å². The first-order valence-electron chi connectivity index (χ1n) is 6.04. The number of methoxy groups -OCH3 is 1. The topological polar surface area (TPSA) is 102 Å². The van der Waals surface area contributed by atoms with E-state index in [1.54, 1.807) is 30.5 Å². The van der Waals surface area contributed by atoms with Crippen LogP contribution in [0.5, 0.6) is 5.88 Å². The van der Waals surface area contributed by atoms with Gasteiger partial charge >= 0.3 is 0 Å². The van der Waals surface area contributed by atoms with E-state index in [1.165, 1.54) is 7.11 Å². The van der Waals surface area contributed by atoms with E-state index in [0.29, 0.717) is 18.2 Å². The maximum absolute atomic E-state index is 12.1. The van der Waals surface area contributed by atoms with Gasteiger partial charge in [0.05, 0.1) is 12.1 Å². The molecule has 0 aliphatic rings. The summed E-state index contributed by atoms with van der Waals surface area (Å²) in [6.45, 7) is 0.302. The lowest BCUT2D eigenvalue weighted by Gasteiger charge is -2.08. The van der Waals surface area contributed by atoms with Crippen LogP contribution in [0.25, 0.3) is 0 Å². The number of hydrogen-bond acceptors (Lipinski definition) is 6. The van der Waals surface area contributed by atoms with Crippen LogP contribution in [0.2, 0.25) is 5.02 Å². The second kappa shape index (κ2) is 6.87. The minimum Gasteiger partial charge on any atom is -0.481 e. The highest BCUT2D eigenvalue weighted by Crippen LogP contribution is 2.16. The minimum atomic E-state index is -0.395. The van der Waals surface area contributed by atoms with E-state index < -0.39 is 5.91 Å². The molecule has 0 bridgehead atoms. The van der Waals surface area contributed by atoms with Crippen molar-refractivity contribution in [1.29, 1.82) is 0 Å². The van der Waals surface area contributed by atoms with Crippen LogP contribution in [0, 0.1) is 0 Å². The van der Waals surface area contributed by atoms with Crippen molar-refractivity contribution in [3.8, 4) is 5.88 Å². The maximum atomic E-state index is 12.1. The number of amides is 1. The van der Waals surface area contributed by atoms with Crippen LogP contribution < -0.4 is 21.3 Å². The first-order chi connectivity index (χ1) is 10.1. The normalized spacial score (nSPS) is 10.0. The number of nitrogens with two attached hydrogens (primary N) is 1. The molecule has 0 atom stereocenters. The molecule has 2 heterocycles. The molecule has 2 aromatic heterocycles. The third kappa shape index (κ3) is 3.80. The van der Waals surface area contributed by atoms with Gasteiger partial charge in [-0.3, -0.25) is 4.79 Å². The number of nitrogens with zero attached hydrogens (tertiary/aromatic N) is 2. The van der Waals surface area contributed by atoms with E-state index in [1.807, 2.05) is 0 Å². The highest BCUT2D eigenvalue weighted by molar-refractivity contribution is 6.33. The number of hydrazine groups is 1. The molecule has 7 nitrogen and oxygen atoms in total. The Balaban J connectivity index is 2.07. The summed E-state index contributed by atoms with van der Waals surface area (Å²) < 4.78 is 5.02. The Hall–Kier alpha value is -2.38. The number of nitrogens with one attached hydrogen (secondary N) is 2. The Labute approximate surface area is 126 Å². The number of nitrogen functional groups attached to an aromatic ring is 1. The number of anilines is 1. The zero-order valence-electron chi connectivity index (χ0n) is 11.3. The number of carbonyl (C=O) groups excluding carboxylic acids is 1. The van der Waals surface area contributed by atoms with Gasteiger partial charge in [0, 0.05) is 18.8 Å². The highest BCUT2D eigenvalue weighted by atomic mass is 35.5. The molecule has 21 heavy (non-hydrogen) atoms. The molecule has 1 amide bonds. The average molecular weight is 308 g/mol. The zero-order valence-corrected chi connectivity index (χ0v) is 12.0. The van der Waals surface area contributed by atoms with E-state index in [-0.39, 0.29) is 10.7 Å². The highest BCUT2D eigenvalue weighted by Gasteiger charge is 2.13. The summed E-state index contributed by atoms with van der Waals surface area (Å²) in [6, 6.07) is 6.63. The van der Waals surface area contributed by atoms with Gasteiger partial charge in [0.15, 0.2) is 0 Å². The fraction of sp³-hybridized carbons (Fsp3) is 0.154. The van der Waals surface area contributed by atoms with Crippen molar-refractivity contribution in [2.24, 2.45) is 5.84 Å². The molecule has 0 saturated heterocycles. The summed E-state index contributed by atoms with van der Waals surface area (Å²) in [4.78, 5) is 20.1. The van der Waals surface area contributed by atoms with Gasteiger partial charge < -0.3 is 15.5 Å². The Morgan fingerprint density at radius 2 is 2.24 bits per heavy atom. The van der Waals surface area contributed by atoms with Gasteiger partial charge in [-0.25, -0.2) is 15.8 Å². The third-order valence-electron chi connectivity index (χ3n) is 2.67. The van der Waals surface area contributed by atoms with E-state index in [4.69, 9.17) is 22.2 Å². The van der Waals surface area contributed by atoms with Gasteiger partial charge in [-0.15, -0.1) is 0 Å². The SMILES string of the molecule is COc1cc(CNC(=O)c2nc(NN)ccc2Cl)ccn1. The predicted molar refractivity (Wildman–Crippen MR) is 79.0 cm³/mol. The molecule has 4 N–H and O–H groups in total. The molecule has 0 saturated carbocycles. The second-order valence-corrected chi connectivity index (χ2v) is 4.47. The molecule has 0 fully saturated rings. The summed E-state index contributed by atoms with van der Waals surface area (Å²) in [6.07, 6.45) is 1.60. The molecule has 0 radical (unpaired) electrons. The van der Waals surface area contributed by atoms with Crippen LogP contribution in [0.4, 0.5) is 5.82 Å². The predicted octanol–water partition coefficient (Wildman–Crippen LogP) is 1.35. The van der Waals surface area contributed by atoms with E-state index in [0.717, 1.165) is 5.56 Å². The summed E-state index contributed by atoms with van der Waals surface area (Å²) in [5.74, 6) is 5.70. The lowest BCUT2D eigenvalue weighted by atomic mass is 10.2. The number of rotatable bonds is 5. The number of aromatic nitrogens is 2. The maximum Gasteiger partial charge on any atom is 0.271 e. The van der Waals surface area contributed by atoms with Crippen LogP contribution in [-0.4, -0.2) is 23.0 Å². The standard InChI is InChI=1S/C13H14ClN5O2/c1-21-11-6-8(4-5-16-11)7-17-13(20)12-9(14)2-3-10(18-12)19-15/h2-6H,7,15H2,1H3,(H,17,20)(H,18,19). The molecule has 110 valence electrons. The number of hydrogen-bond donors (Lipinski definition) is 3. The monoisotopic (exact) mass is 307 g/mol. The van der Waals surface area contributed by atoms with E-state index in [2.05, 4.69) is 20.7 Å². The average Bonchev–Trinajstić information content (AvgIpc) is 2.53. The quantitative estimate of drug-likeness (QED) is 0.569. The summed E-state index contributed by atoms with van der Waals surface area (Å²) in [5, 5.41) is 2.97. The summed E-state index contributed by atoms with van der Waals surface area (Å²) in [7, 11) is 1.53. The Bertz CT molecular complexity index is 650. The lowest BCUT2D eigenvalue weighted by molar-refractivity contribution is 0.0946. The molecule has 2 aromatic rings. The van der Waals surface area contributed by atoms with Gasteiger partial charge in [0.25, 0.3) is 5.91 Å². The zero-order chi connectivity index (χ0) is 15.2. The van der Waals surface area contributed by atoms with Crippen molar-refractivity contribution in [3.05, 3.63) is 46.7 Å². The third-order valence-corrected chi connectivity index (χ3v) is 2.98. The van der Waals surface area contributed by atoms with Crippen molar-refractivity contribution >= 4 is 23.3 Å². The molecule has 2 rings (SSSR count). The van der Waals surface area contributed by atoms with Gasteiger partial charge in [-0.05, 0) is 23.8 Å². The molecule has 0 unspecified atom stereocenters. The fourth-order valence-electron chi connectivity index (χ4n) is 1.62. The van der Waals surface area contributed by atoms with Gasteiger partial charge in [0.2, 0.25) is 5.88 Å². The van der Waals surface area contributed by atoms with Crippen LogP contribution >= 0.6 is 11.6 Å². The lowest BCUT2D eigenvalue weighted by Crippen LogP contribution is -2.25. The summed E-state index contributed by atoms with van der Waals surface area (Å²) >= 11 is 5.96. The van der Waals surface area contributed by atoms with Crippen molar-refractivity contribution in [2.45, 2.75) is 6.54 Å². The number of halogens is 1. The molecule has 0 aromatic carbocycles. The number of ether oxygens (including phenoxy) is 1. The smallest absolute Gasteiger partial charge is 0.271 e. The molecule has 0 aliphatic heterocycles. The van der Waals surface area contributed by atoms with Crippen molar-refractivity contribution in [2.75, 3.05) is 12.5 Å². The van der Waals surface area contributed by atoms with Crippen molar-refractivity contribution in [1.82, 2.24) is 15.3 Å².